The molecule has 0 bridgehead atoms. The molecule has 0 aliphatic carbocycles. The van der Waals surface area contributed by atoms with Crippen molar-refractivity contribution >= 4 is 22.7 Å². The first-order valence-electron chi connectivity index (χ1n) is 8.93. The van der Waals surface area contributed by atoms with Gasteiger partial charge in [0.05, 0.1) is 11.2 Å². The number of para-hydroxylation sites is 1. The third-order valence-electron chi connectivity index (χ3n) is 4.99. The lowest BCUT2D eigenvalue weighted by Gasteiger charge is -2.14. The van der Waals surface area contributed by atoms with Gasteiger partial charge >= 0.3 is 0 Å². The Morgan fingerprint density at radius 2 is 2.19 bits per heavy atom. The number of nitrogens with one attached hydrogen (secondary N) is 1. The standard InChI is InChI=1S/C19H23N5OS/c1-23-15-6-4-3-5-14(15)16(11-18(23)25)24-19(13-7-9-20-12-13)21-17(22-24)8-10-26-2/h3-6,11,13,20H,7-10,12H2,1-2H3/t13-/m1/s1. The fourth-order valence-corrected chi connectivity index (χ4v) is 3.94. The van der Waals surface area contributed by atoms with Crippen molar-refractivity contribution < 1.29 is 0 Å². The number of pyridine rings is 1. The highest BCUT2D eigenvalue weighted by atomic mass is 32.2. The smallest absolute Gasteiger partial charge is 0.252 e. The molecule has 1 aliphatic rings. The van der Waals surface area contributed by atoms with Crippen molar-refractivity contribution in [3.05, 3.63) is 52.3 Å². The molecule has 1 atom stereocenters. The van der Waals surface area contributed by atoms with Gasteiger partial charge in [0, 0.05) is 43.1 Å². The Bertz CT molecular complexity index is 987. The first-order valence-corrected chi connectivity index (χ1v) is 10.3. The van der Waals surface area contributed by atoms with Crippen molar-refractivity contribution in [3.63, 3.8) is 0 Å². The molecule has 26 heavy (non-hydrogen) atoms. The molecule has 1 aliphatic heterocycles. The van der Waals surface area contributed by atoms with E-state index in [0.29, 0.717) is 5.92 Å². The van der Waals surface area contributed by atoms with Crippen LogP contribution in [-0.2, 0) is 13.5 Å². The van der Waals surface area contributed by atoms with Gasteiger partial charge in [-0.05, 0) is 25.3 Å². The largest absolute Gasteiger partial charge is 0.316 e. The zero-order valence-electron chi connectivity index (χ0n) is 15.1. The number of nitrogens with zero attached hydrogens (tertiary/aromatic N) is 4. The average molecular weight is 369 g/mol. The predicted octanol–water partition coefficient (Wildman–Crippen LogP) is 2.10. The van der Waals surface area contributed by atoms with E-state index >= 15 is 0 Å². The summed E-state index contributed by atoms with van der Waals surface area (Å²) < 4.78 is 3.60. The fourth-order valence-electron chi connectivity index (χ4n) is 3.55. The van der Waals surface area contributed by atoms with Gasteiger partial charge in [-0.15, -0.1) is 0 Å². The van der Waals surface area contributed by atoms with Crippen molar-refractivity contribution in [2.24, 2.45) is 7.05 Å². The van der Waals surface area contributed by atoms with Gasteiger partial charge in [0.25, 0.3) is 5.56 Å². The van der Waals surface area contributed by atoms with Gasteiger partial charge in [0.15, 0.2) is 5.82 Å². The Balaban J connectivity index is 1.92. The Morgan fingerprint density at radius 1 is 1.35 bits per heavy atom. The minimum absolute atomic E-state index is 0.0321. The molecule has 1 N–H and O–H groups in total. The van der Waals surface area contributed by atoms with Crippen molar-refractivity contribution in [2.45, 2.75) is 18.8 Å². The number of benzene rings is 1. The van der Waals surface area contributed by atoms with Gasteiger partial charge in [-0.25, -0.2) is 9.67 Å². The molecule has 3 aromatic rings. The Kier molecular flexibility index (Phi) is 4.82. The lowest BCUT2D eigenvalue weighted by Crippen LogP contribution is -2.19. The summed E-state index contributed by atoms with van der Waals surface area (Å²) in [6.45, 7) is 1.90. The summed E-state index contributed by atoms with van der Waals surface area (Å²) in [5.74, 6) is 3.13. The van der Waals surface area contributed by atoms with E-state index < -0.39 is 0 Å². The molecule has 0 spiro atoms. The summed E-state index contributed by atoms with van der Waals surface area (Å²) in [4.78, 5) is 17.4. The van der Waals surface area contributed by atoms with E-state index in [-0.39, 0.29) is 5.56 Å². The van der Waals surface area contributed by atoms with Crippen LogP contribution in [0.2, 0.25) is 0 Å². The zero-order valence-corrected chi connectivity index (χ0v) is 15.9. The van der Waals surface area contributed by atoms with Gasteiger partial charge in [-0.1, -0.05) is 18.2 Å². The summed E-state index contributed by atoms with van der Waals surface area (Å²) in [6, 6.07) is 9.66. The third-order valence-corrected chi connectivity index (χ3v) is 5.60. The van der Waals surface area contributed by atoms with Crippen LogP contribution in [0.1, 0.15) is 24.0 Å². The summed E-state index contributed by atoms with van der Waals surface area (Å²) in [5.41, 5.74) is 1.70. The SMILES string of the molecule is CSCCc1nc([C@@H]2CCNC2)n(-c2cc(=O)n(C)c3ccccc23)n1. The Labute approximate surface area is 156 Å². The molecule has 1 saturated heterocycles. The molecule has 7 heteroatoms. The van der Waals surface area contributed by atoms with Crippen LogP contribution < -0.4 is 10.9 Å². The third kappa shape index (κ3) is 3.05. The molecule has 0 amide bonds. The lowest BCUT2D eigenvalue weighted by molar-refractivity contribution is 0.664. The second-order valence-electron chi connectivity index (χ2n) is 6.67. The molecular formula is C19H23N5OS. The monoisotopic (exact) mass is 369 g/mol. The lowest BCUT2D eigenvalue weighted by atomic mass is 10.1. The molecule has 136 valence electrons. The molecule has 0 saturated carbocycles. The topological polar surface area (TPSA) is 64.7 Å². The van der Waals surface area contributed by atoms with Crippen LogP contribution in [0.15, 0.2) is 35.1 Å². The van der Waals surface area contributed by atoms with Crippen LogP contribution in [0.25, 0.3) is 16.6 Å². The van der Waals surface area contributed by atoms with Gasteiger partial charge in [-0.3, -0.25) is 4.79 Å². The molecule has 1 aromatic carbocycles. The number of hydrogen-bond acceptors (Lipinski definition) is 5. The quantitative estimate of drug-likeness (QED) is 0.746. The second kappa shape index (κ2) is 7.25. The van der Waals surface area contributed by atoms with Crippen molar-refractivity contribution in [2.75, 3.05) is 25.1 Å². The summed E-state index contributed by atoms with van der Waals surface area (Å²) in [5, 5.41) is 9.23. The first kappa shape index (κ1) is 17.3. The maximum Gasteiger partial charge on any atom is 0.252 e. The van der Waals surface area contributed by atoms with Crippen LogP contribution in [0, 0.1) is 0 Å². The van der Waals surface area contributed by atoms with E-state index in [2.05, 4.69) is 11.6 Å². The molecule has 0 unspecified atom stereocenters. The number of thioether (sulfide) groups is 1. The van der Waals surface area contributed by atoms with E-state index in [9.17, 15) is 4.79 Å². The number of fused-ring (bicyclic) bond motifs is 1. The fraction of sp³-hybridized carbons (Fsp3) is 0.421. The molecular weight excluding hydrogens is 346 g/mol. The van der Waals surface area contributed by atoms with Gasteiger partial charge < -0.3 is 9.88 Å². The highest BCUT2D eigenvalue weighted by Crippen LogP contribution is 2.27. The summed E-state index contributed by atoms with van der Waals surface area (Å²) in [6.07, 6.45) is 3.97. The van der Waals surface area contributed by atoms with Crippen molar-refractivity contribution in [1.82, 2.24) is 24.6 Å². The van der Waals surface area contributed by atoms with Gasteiger partial charge in [-0.2, -0.15) is 16.9 Å². The minimum atomic E-state index is -0.0321. The van der Waals surface area contributed by atoms with E-state index in [0.717, 1.165) is 59.9 Å². The van der Waals surface area contributed by atoms with E-state index in [1.54, 1.807) is 22.4 Å². The molecule has 1 fully saturated rings. The van der Waals surface area contributed by atoms with E-state index in [1.807, 2.05) is 36.0 Å². The molecule has 2 aromatic heterocycles. The van der Waals surface area contributed by atoms with Crippen LogP contribution in [0.5, 0.6) is 0 Å². The highest BCUT2D eigenvalue weighted by Gasteiger charge is 2.25. The number of aromatic nitrogens is 4. The minimum Gasteiger partial charge on any atom is -0.316 e. The molecule has 0 radical (unpaired) electrons. The second-order valence-corrected chi connectivity index (χ2v) is 7.66. The number of rotatable bonds is 5. The van der Waals surface area contributed by atoms with Crippen LogP contribution >= 0.6 is 11.8 Å². The van der Waals surface area contributed by atoms with Crippen molar-refractivity contribution in [3.8, 4) is 5.69 Å². The predicted molar refractivity (Wildman–Crippen MR) is 106 cm³/mol. The Morgan fingerprint density at radius 3 is 2.96 bits per heavy atom. The normalized spacial score (nSPS) is 17.2. The molecule has 6 nitrogen and oxygen atoms in total. The van der Waals surface area contributed by atoms with E-state index in [1.165, 1.54) is 0 Å². The zero-order chi connectivity index (χ0) is 18.1. The average Bonchev–Trinajstić information content (AvgIpc) is 3.32. The maximum atomic E-state index is 12.5. The highest BCUT2D eigenvalue weighted by molar-refractivity contribution is 7.98. The molecule has 4 rings (SSSR count). The van der Waals surface area contributed by atoms with Gasteiger partial charge in [0.2, 0.25) is 0 Å². The van der Waals surface area contributed by atoms with Crippen LogP contribution in [0.3, 0.4) is 0 Å². The number of hydrogen-bond donors (Lipinski definition) is 1. The maximum absolute atomic E-state index is 12.5. The van der Waals surface area contributed by atoms with Crippen LogP contribution in [0.4, 0.5) is 0 Å². The molecule has 3 heterocycles. The van der Waals surface area contributed by atoms with Crippen molar-refractivity contribution in [1.29, 1.82) is 0 Å². The summed E-state index contributed by atoms with van der Waals surface area (Å²) in [7, 11) is 1.81. The number of aryl methyl sites for hydroxylation is 2. The summed E-state index contributed by atoms with van der Waals surface area (Å²) >= 11 is 1.79. The Hall–Kier alpha value is -2.12. The first-order chi connectivity index (χ1) is 12.7. The van der Waals surface area contributed by atoms with Gasteiger partial charge in [0.1, 0.15) is 5.82 Å². The van der Waals surface area contributed by atoms with E-state index in [4.69, 9.17) is 10.1 Å². The van der Waals surface area contributed by atoms with Crippen LogP contribution in [-0.4, -0.2) is 44.4 Å².